The molecule has 0 bridgehead atoms. The van der Waals surface area contributed by atoms with Crippen molar-refractivity contribution in [3.05, 3.63) is 150 Å². The van der Waals surface area contributed by atoms with E-state index in [-0.39, 0.29) is 16.2 Å². The number of rotatable bonds is 3. The van der Waals surface area contributed by atoms with Crippen LogP contribution in [0.5, 0.6) is 0 Å². The molecule has 278 valence electrons. The minimum Gasteiger partial charge on any atom is -0.355 e. The van der Waals surface area contributed by atoms with Crippen LogP contribution in [0, 0.1) is 0 Å². The summed E-state index contributed by atoms with van der Waals surface area (Å²) >= 11 is 1.92. The number of nitrogens with zero attached hydrogens (tertiary/aromatic N) is 1. The van der Waals surface area contributed by atoms with Gasteiger partial charge < -0.3 is 9.88 Å². The Labute approximate surface area is 340 Å². The molecule has 2 nitrogen and oxygen atoms in total. The van der Waals surface area contributed by atoms with Crippen LogP contribution in [-0.4, -0.2) is 11.8 Å². The number of hydrogen-bond donors (Lipinski definition) is 1. The zero-order valence-electron chi connectivity index (χ0n) is 34.2. The highest BCUT2D eigenvalue weighted by molar-refractivity contribution is 7.26. The monoisotopic (exact) mass is 754 g/mol. The summed E-state index contributed by atoms with van der Waals surface area (Å²) in [7, 11) is 0.871. The predicted octanol–water partition coefficient (Wildman–Crippen LogP) is 13.2. The van der Waals surface area contributed by atoms with Crippen molar-refractivity contribution in [1.82, 2.24) is 4.57 Å². The maximum atomic E-state index is 3.89. The summed E-state index contributed by atoms with van der Waals surface area (Å²) in [6, 6.07) is 48.9. The van der Waals surface area contributed by atoms with Crippen LogP contribution in [-0.2, 0) is 16.2 Å². The lowest BCUT2D eigenvalue weighted by Crippen LogP contribution is -2.37. The van der Waals surface area contributed by atoms with Gasteiger partial charge in [0.05, 0.1) is 5.52 Å². The van der Waals surface area contributed by atoms with Crippen molar-refractivity contribution in [2.45, 2.75) is 71.6 Å². The van der Waals surface area contributed by atoms with Crippen molar-refractivity contribution in [1.29, 1.82) is 0 Å². The van der Waals surface area contributed by atoms with Gasteiger partial charge in [0, 0.05) is 64.5 Å². The average Bonchev–Trinajstić information content (AvgIpc) is 3.79. The van der Waals surface area contributed by atoms with Crippen molar-refractivity contribution in [3.63, 3.8) is 0 Å². The normalized spacial score (nSPS) is 14.2. The van der Waals surface area contributed by atoms with E-state index in [4.69, 9.17) is 0 Å². The van der Waals surface area contributed by atoms with E-state index in [2.05, 4.69) is 193 Å². The number of aromatic nitrogens is 1. The summed E-state index contributed by atoms with van der Waals surface area (Å²) < 4.78 is 5.34. The lowest BCUT2D eigenvalue weighted by Gasteiger charge is -2.26. The summed E-state index contributed by atoms with van der Waals surface area (Å²) in [4.78, 5) is 0. The molecular formula is C53H47BN2S. The number of hydrogen-bond acceptors (Lipinski definition) is 2. The van der Waals surface area contributed by atoms with Gasteiger partial charge in [0.1, 0.15) is 0 Å². The van der Waals surface area contributed by atoms with E-state index < -0.39 is 0 Å². The van der Waals surface area contributed by atoms with Crippen LogP contribution in [0.3, 0.4) is 0 Å². The molecule has 0 fully saturated rings. The van der Waals surface area contributed by atoms with Crippen molar-refractivity contribution < 1.29 is 0 Å². The highest BCUT2D eigenvalue weighted by Crippen LogP contribution is 2.51. The summed E-state index contributed by atoms with van der Waals surface area (Å²) in [5.41, 5.74) is 19.8. The molecule has 0 unspecified atom stereocenters. The molecule has 57 heavy (non-hydrogen) atoms. The third kappa shape index (κ3) is 5.09. The largest absolute Gasteiger partial charge is 0.355 e. The predicted molar refractivity (Wildman–Crippen MR) is 250 cm³/mol. The second-order valence-electron chi connectivity index (χ2n) is 19.1. The van der Waals surface area contributed by atoms with E-state index in [1.807, 2.05) is 11.3 Å². The summed E-state index contributed by atoms with van der Waals surface area (Å²) in [6.45, 7) is 18.6. The zero-order valence-corrected chi connectivity index (χ0v) is 35.0. The van der Waals surface area contributed by atoms with E-state index in [1.165, 1.54) is 103 Å². The van der Waals surface area contributed by atoms with Crippen LogP contribution >= 0.6 is 11.3 Å². The first kappa shape index (κ1) is 34.7. The number of anilines is 2. The molecule has 9 aromatic rings. The van der Waals surface area contributed by atoms with E-state index in [1.54, 1.807) is 0 Å². The van der Waals surface area contributed by atoms with Gasteiger partial charge in [0.15, 0.2) is 7.28 Å². The first-order chi connectivity index (χ1) is 27.3. The van der Waals surface area contributed by atoms with Crippen LogP contribution in [0.2, 0.25) is 0 Å². The van der Waals surface area contributed by atoms with Crippen molar-refractivity contribution in [2.24, 2.45) is 0 Å². The Hall–Kier alpha value is -5.58. The summed E-state index contributed by atoms with van der Waals surface area (Å²) in [5, 5.41) is 9.23. The number of nitrogens with one attached hydrogen (secondary N) is 1. The standard InChI is InChI=1S/C53H47BN2S/c1-51(2,3)30-17-20-32(21-18-30)55-44-24-19-31(52(4,5)6)25-38(44)35-22-23-36-39-26-37-33-13-9-11-15-41(33)53(7,8)42(37)28-45(39)56-46-27-40-34-14-10-12-16-47(34)57-48(40)29-43(46)54-49(35)50(36)56/h9-29,54-55H,1-8H3. The molecule has 2 aromatic heterocycles. The average molecular weight is 755 g/mol. The zero-order chi connectivity index (χ0) is 39.2. The van der Waals surface area contributed by atoms with Gasteiger partial charge in [-0.1, -0.05) is 134 Å². The molecule has 0 amide bonds. The Morgan fingerprint density at radius 2 is 1.30 bits per heavy atom. The number of benzene rings is 7. The van der Waals surface area contributed by atoms with E-state index in [0.29, 0.717) is 0 Å². The van der Waals surface area contributed by atoms with Gasteiger partial charge >= 0.3 is 0 Å². The SMILES string of the molecule is CC(C)(C)c1ccc(Nc2ccc(C(C)(C)C)cc2-c2ccc3c4cc5c(cc4n4c3c2Bc2cc3sc6ccccc6c3cc2-4)C(C)(C)c2ccccc2-5)cc1. The van der Waals surface area contributed by atoms with Crippen LogP contribution in [0.4, 0.5) is 11.4 Å². The van der Waals surface area contributed by atoms with E-state index in [9.17, 15) is 0 Å². The maximum absolute atomic E-state index is 3.89. The smallest absolute Gasteiger partial charge is 0.198 e. The third-order valence-corrected chi connectivity index (χ3v) is 14.3. The number of fused-ring (bicyclic) bond motifs is 11. The van der Waals surface area contributed by atoms with Gasteiger partial charge in [0.25, 0.3) is 0 Å². The molecule has 2 aliphatic rings. The number of thiophene rings is 1. The Morgan fingerprint density at radius 1 is 0.561 bits per heavy atom. The fourth-order valence-electron chi connectivity index (χ4n) is 9.94. The lowest BCUT2D eigenvalue weighted by molar-refractivity contribution is 0.590. The second-order valence-corrected chi connectivity index (χ2v) is 20.2. The Morgan fingerprint density at radius 3 is 2.09 bits per heavy atom. The van der Waals surface area contributed by atoms with Gasteiger partial charge in [-0.15, -0.1) is 11.3 Å². The fourth-order valence-corrected chi connectivity index (χ4v) is 11.1. The Bertz CT molecular complexity index is 3160. The first-order valence-corrected chi connectivity index (χ1v) is 21.3. The van der Waals surface area contributed by atoms with Gasteiger partial charge in [-0.25, -0.2) is 0 Å². The molecule has 0 saturated heterocycles. The van der Waals surface area contributed by atoms with Crippen LogP contribution in [0.15, 0.2) is 127 Å². The minimum absolute atomic E-state index is 0.000900. The molecule has 0 saturated carbocycles. The highest BCUT2D eigenvalue weighted by Gasteiger charge is 2.37. The minimum atomic E-state index is -0.0884. The molecule has 1 N–H and O–H groups in total. The van der Waals surface area contributed by atoms with Gasteiger partial charge in [-0.3, -0.25) is 0 Å². The van der Waals surface area contributed by atoms with E-state index >= 15 is 0 Å². The van der Waals surface area contributed by atoms with Gasteiger partial charge in [-0.2, -0.15) is 0 Å². The Balaban J connectivity index is 1.20. The summed E-state index contributed by atoms with van der Waals surface area (Å²) in [5.74, 6) is 0. The topological polar surface area (TPSA) is 17.0 Å². The van der Waals surface area contributed by atoms with Crippen molar-refractivity contribution in [3.8, 4) is 27.9 Å². The van der Waals surface area contributed by atoms with Crippen molar-refractivity contribution >= 4 is 82.9 Å². The third-order valence-electron chi connectivity index (χ3n) is 13.1. The highest BCUT2D eigenvalue weighted by atomic mass is 32.1. The van der Waals surface area contributed by atoms with Gasteiger partial charge in [-0.05, 0) is 110 Å². The molecule has 0 spiro atoms. The molecule has 3 heterocycles. The van der Waals surface area contributed by atoms with E-state index in [0.717, 1.165) is 18.7 Å². The van der Waals surface area contributed by atoms with Crippen LogP contribution < -0.4 is 16.2 Å². The molecule has 1 aliphatic heterocycles. The molecule has 4 heteroatoms. The molecule has 0 atom stereocenters. The summed E-state index contributed by atoms with van der Waals surface area (Å²) in [6.07, 6.45) is 0. The fraction of sp³-hybridized carbons (Fsp3) is 0.208. The molecule has 0 radical (unpaired) electrons. The van der Waals surface area contributed by atoms with Crippen molar-refractivity contribution in [2.75, 3.05) is 5.32 Å². The second kappa shape index (κ2) is 11.7. The Kier molecular flexibility index (Phi) is 7.14. The van der Waals surface area contributed by atoms with Gasteiger partial charge in [0.2, 0.25) is 0 Å². The van der Waals surface area contributed by atoms with Crippen LogP contribution in [0.1, 0.15) is 77.6 Å². The molecule has 11 rings (SSSR count). The van der Waals surface area contributed by atoms with Crippen LogP contribution in [0.25, 0.3) is 69.9 Å². The molecule has 7 aromatic carbocycles. The molecular weight excluding hydrogens is 707 g/mol. The quantitative estimate of drug-likeness (QED) is 0.178. The maximum Gasteiger partial charge on any atom is 0.198 e. The lowest BCUT2D eigenvalue weighted by atomic mass is 9.59. The first-order valence-electron chi connectivity index (χ1n) is 20.5. The molecule has 1 aliphatic carbocycles.